The molecule has 0 amide bonds. The number of hydrogen-bond donors (Lipinski definition) is 0. The van der Waals surface area contributed by atoms with Gasteiger partial charge in [-0.2, -0.15) is 0 Å². The highest BCUT2D eigenvalue weighted by atomic mass is 35.5. The zero-order chi connectivity index (χ0) is 12.7. The van der Waals surface area contributed by atoms with Crippen molar-refractivity contribution in [1.82, 2.24) is 9.97 Å². The first-order valence-corrected chi connectivity index (χ1v) is 6.65. The van der Waals surface area contributed by atoms with Crippen LogP contribution in [0.4, 0.5) is 4.39 Å². The number of benzene rings is 1. The Kier molecular flexibility index (Phi) is 2.93. The topological polar surface area (TPSA) is 25.8 Å². The molecule has 0 fully saturated rings. The van der Waals surface area contributed by atoms with Gasteiger partial charge in [0.2, 0.25) is 5.28 Å². The molecule has 1 aromatic carbocycles. The maximum Gasteiger partial charge on any atom is 0.225 e. The van der Waals surface area contributed by atoms with E-state index in [2.05, 4.69) is 9.97 Å². The van der Waals surface area contributed by atoms with E-state index in [-0.39, 0.29) is 11.1 Å². The van der Waals surface area contributed by atoms with Gasteiger partial charge in [0.1, 0.15) is 15.8 Å². The van der Waals surface area contributed by atoms with Gasteiger partial charge in [-0.1, -0.05) is 23.7 Å². The lowest BCUT2D eigenvalue weighted by Gasteiger charge is -2.01. The Hall–Kier alpha value is -1.23. The Balaban J connectivity index is 2.27. The molecular formula is C12H5Cl2FN2S. The minimum Gasteiger partial charge on any atom is -0.207 e. The lowest BCUT2D eigenvalue weighted by molar-refractivity contribution is 0.628. The third kappa shape index (κ3) is 1.96. The Morgan fingerprint density at radius 1 is 1.06 bits per heavy atom. The van der Waals surface area contributed by atoms with E-state index in [9.17, 15) is 4.39 Å². The molecule has 0 saturated carbocycles. The highest BCUT2D eigenvalue weighted by molar-refractivity contribution is 7.17. The maximum absolute atomic E-state index is 12.9. The van der Waals surface area contributed by atoms with Gasteiger partial charge in [-0.05, 0) is 29.3 Å². The van der Waals surface area contributed by atoms with Crippen LogP contribution in [0.2, 0.25) is 10.4 Å². The lowest BCUT2D eigenvalue weighted by Crippen LogP contribution is -1.84. The van der Waals surface area contributed by atoms with Crippen LogP contribution in [0.25, 0.3) is 21.3 Å². The van der Waals surface area contributed by atoms with Crippen LogP contribution in [0.1, 0.15) is 0 Å². The minimum absolute atomic E-state index is 0.125. The second-order valence-electron chi connectivity index (χ2n) is 3.62. The molecule has 6 heteroatoms. The van der Waals surface area contributed by atoms with Crippen molar-refractivity contribution in [3.05, 3.63) is 45.9 Å². The van der Waals surface area contributed by atoms with Gasteiger partial charge in [0, 0.05) is 10.9 Å². The van der Waals surface area contributed by atoms with E-state index >= 15 is 0 Å². The molecule has 0 aliphatic rings. The zero-order valence-electron chi connectivity index (χ0n) is 8.82. The Morgan fingerprint density at radius 3 is 2.50 bits per heavy atom. The molecule has 2 nitrogen and oxygen atoms in total. The minimum atomic E-state index is -0.274. The van der Waals surface area contributed by atoms with Gasteiger partial charge < -0.3 is 0 Å². The van der Waals surface area contributed by atoms with Crippen LogP contribution >= 0.6 is 34.5 Å². The number of hydrogen-bond acceptors (Lipinski definition) is 3. The average Bonchev–Trinajstić information content (AvgIpc) is 2.74. The second kappa shape index (κ2) is 4.46. The van der Waals surface area contributed by atoms with Gasteiger partial charge in [0.15, 0.2) is 0 Å². The second-order valence-corrected chi connectivity index (χ2v) is 5.17. The van der Waals surface area contributed by atoms with Gasteiger partial charge in [-0.3, -0.25) is 0 Å². The standard InChI is InChI=1S/C12H5Cl2FN2S/c13-10-9-8(6-1-3-7(15)4-2-6)5-18-11(9)17-12(14)16-10/h1-5H. The van der Waals surface area contributed by atoms with Gasteiger partial charge >= 0.3 is 0 Å². The first-order chi connectivity index (χ1) is 8.65. The molecule has 0 saturated heterocycles. The molecule has 0 unspecified atom stereocenters. The van der Waals surface area contributed by atoms with Crippen molar-refractivity contribution in [1.29, 1.82) is 0 Å². The number of rotatable bonds is 1. The van der Waals surface area contributed by atoms with Gasteiger partial charge in [-0.25, -0.2) is 14.4 Å². The summed E-state index contributed by atoms with van der Waals surface area (Å²) in [6, 6.07) is 6.20. The SMILES string of the molecule is Fc1ccc(-c2csc3nc(Cl)nc(Cl)c23)cc1. The van der Waals surface area contributed by atoms with Crippen molar-refractivity contribution in [3.63, 3.8) is 0 Å². The molecule has 3 rings (SSSR count). The molecule has 0 radical (unpaired) electrons. The smallest absolute Gasteiger partial charge is 0.207 e. The van der Waals surface area contributed by atoms with E-state index in [0.717, 1.165) is 21.3 Å². The predicted octanol–water partition coefficient (Wildman–Crippen LogP) is 4.80. The van der Waals surface area contributed by atoms with Crippen LogP contribution in [0, 0.1) is 5.82 Å². The summed E-state index contributed by atoms with van der Waals surface area (Å²) in [7, 11) is 0. The molecule has 0 N–H and O–H groups in total. The highest BCUT2D eigenvalue weighted by Crippen LogP contribution is 2.37. The number of fused-ring (bicyclic) bond motifs is 1. The van der Waals surface area contributed by atoms with Crippen LogP contribution in [-0.4, -0.2) is 9.97 Å². The van der Waals surface area contributed by atoms with Crippen molar-refractivity contribution in [2.24, 2.45) is 0 Å². The van der Waals surface area contributed by atoms with E-state index < -0.39 is 0 Å². The normalized spacial score (nSPS) is 11.1. The van der Waals surface area contributed by atoms with E-state index in [1.54, 1.807) is 12.1 Å². The summed E-state index contributed by atoms with van der Waals surface area (Å²) in [6.07, 6.45) is 0. The summed E-state index contributed by atoms with van der Waals surface area (Å²) < 4.78 is 12.9. The van der Waals surface area contributed by atoms with E-state index in [0.29, 0.717) is 5.15 Å². The summed E-state index contributed by atoms with van der Waals surface area (Å²) >= 11 is 13.3. The first kappa shape index (κ1) is 11.8. The molecule has 18 heavy (non-hydrogen) atoms. The quantitative estimate of drug-likeness (QED) is 0.476. The Morgan fingerprint density at radius 2 is 1.78 bits per heavy atom. The third-order valence-corrected chi connectivity index (χ3v) is 3.83. The van der Waals surface area contributed by atoms with Crippen LogP contribution in [0.5, 0.6) is 0 Å². The monoisotopic (exact) mass is 298 g/mol. The summed E-state index contributed by atoms with van der Waals surface area (Å²) in [6.45, 7) is 0. The highest BCUT2D eigenvalue weighted by Gasteiger charge is 2.13. The fourth-order valence-corrected chi connectivity index (χ4v) is 3.25. The van der Waals surface area contributed by atoms with Crippen molar-refractivity contribution in [2.75, 3.05) is 0 Å². The van der Waals surface area contributed by atoms with Crippen molar-refractivity contribution in [2.45, 2.75) is 0 Å². The molecule has 0 bridgehead atoms. The third-order valence-electron chi connectivity index (χ3n) is 2.52. The number of halogens is 3. The van der Waals surface area contributed by atoms with Crippen LogP contribution in [0.15, 0.2) is 29.6 Å². The van der Waals surface area contributed by atoms with Crippen molar-refractivity contribution < 1.29 is 4.39 Å². The zero-order valence-corrected chi connectivity index (χ0v) is 11.2. The number of nitrogens with zero attached hydrogens (tertiary/aromatic N) is 2. The molecule has 2 aromatic heterocycles. The van der Waals surface area contributed by atoms with Crippen LogP contribution in [0.3, 0.4) is 0 Å². The van der Waals surface area contributed by atoms with Gasteiger partial charge in [-0.15, -0.1) is 11.3 Å². The summed E-state index contributed by atoms with van der Waals surface area (Å²) in [5, 5.41) is 3.10. The molecule has 90 valence electrons. The maximum atomic E-state index is 12.9. The summed E-state index contributed by atoms with van der Waals surface area (Å²) in [5.41, 5.74) is 1.76. The van der Waals surface area contributed by atoms with Crippen LogP contribution in [-0.2, 0) is 0 Å². The number of aromatic nitrogens is 2. The molecule has 0 aliphatic carbocycles. The van der Waals surface area contributed by atoms with E-state index in [1.165, 1.54) is 23.5 Å². The Labute approximate surface area is 116 Å². The van der Waals surface area contributed by atoms with Gasteiger partial charge in [0.25, 0.3) is 0 Å². The molecule has 0 atom stereocenters. The fraction of sp³-hybridized carbons (Fsp3) is 0. The van der Waals surface area contributed by atoms with Crippen molar-refractivity contribution >= 4 is 44.8 Å². The van der Waals surface area contributed by atoms with Gasteiger partial charge in [0.05, 0.1) is 5.39 Å². The summed E-state index contributed by atoms with van der Waals surface area (Å²) in [5.74, 6) is -0.274. The number of thiophene rings is 1. The molecule has 2 heterocycles. The Bertz CT molecular complexity index is 725. The molecular weight excluding hydrogens is 294 g/mol. The lowest BCUT2D eigenvalue weighted by atomic mass is 10.1. The van der Waals surface area contributed by atoms with E-state index in [1.807, 2.05) is 5.38 Å². The van der Waals surface area contributed by atoms with Crippen molar-refractivity contribution in [3.8, 4) is 11.1 Å². The predicted molar refractivity (Wildman–Crippen MR) is 72.8 cm³/mol. The molecule has 0 aliphatic heterocycles. The summed E-state index contributed by atoms with van der Waals surface area (Å²) in [4.78, 5) is 8.77. The van der Waals surface area contributed by atoms with E-state index in [4.69, 9.17) is 23.2 Å². The first-order valence-electron chi connectivity index (χ1n) is 5.01. The van der Waals surface area contributed by atoms with Crippen LogP contribution < -0.4 is 0 Å². The fourth-order valence-electron chi connectivity index (χ4n) is 1.72. The molecule has 3 aromatic rings. The molecule has 0 spiro atoms. The largest absolute Gasteiger partial charge is 0.225 e. The average molecular weight is 299 g/mol.